The first-order valence-corrected chi connectivity index (χ1v) is 15.3. The summed E-state index contributed by atoms with van der Waals surface area (Å²) in [5.41, 5.74) is 0. The summed E-state index contributed by atoms with van der Waals surface area (Å²) in [5.74, 6) is 0.380. The molecule has 2 aromatic carbocycles. The average molecular weight is 528 g/mol. The Bertz CT molecular complexity index is 910. The van der Waals surface area contributed by atoms with Gasteiger partial charge in [-0.2, -0.15) is 0 Å². The van der Waals surface area contributed by atoms with Crippen molar-refractivity contribution in [2.24, 2.45) is 5.92 Å². The maximum absolute atomic E-state index is 13.1. The summed E-state index contributed by atoms with van der Waals surface area (Å²) in [6.45, 7) is 10.4. The second-order valence-corrected chi connectivity index (χ2v) is 15.4. The zero-order valence-electron chi connectivity index (χ0n) is 23.4. The summed E-state index contributed by atoms with van der Waals surface area (Å²) >= 11 is 0. The number of carbonyl (C=O) groups excluding carboxylic acids is 1. The zero-order valence-corrected chi connectivity index (χ0v) is 24.4. The van der Waals surface area contributed by atoms with Gasteiger partial charge in [-0.15, -0.1) is 0 Å². The van der Waals surface area contributed by atoms with Gasteiger partial charge in [-0.25, -0.2) is 4.79 Å². The van der Waals surface area contributed by atoms with Gasteiger partial charge in [0.05, 0.1) is 19.8 Å². The Morgan fingerprint density at radius 3 is 2.08 bits per heavy atom. The fourth-order valence-electron chi connectivity index (χ4n) is 5.83. The molecule has 1 aliphatic rings. The number of hydrogen-bond donors (Lipinski definition) is 0. The molecule has 1 amide bonds. The van der Waals surface area contributed by atoms with Crippen molar-refractivity contribution in [3.8, 4) is 0 Å². The summed E-state index contributed by atoms with van der Waals surface area (Å²) in [6, 6.07) is 21.3. The highest BCUT2D eigenvalue weighted by Crippen LogP contribution is 2.38. The molecule has 0 spiro atoms. The lowest BCUT2D eigenvalue weighted by Gasteiger charge is -2.48. The van der Waals surface area contributed by atoms with Crippen LogP contribution in [0.15, 0.2) is 60.7 Å². The van der Waals surface area contributed by atoms with Crippen molar-refractivity contribution >= 4 is 24.8 Å². The van der Waals surface area contributed by atoms with Gasteiger partial charge in [-0.3, -0.25) is 4.90 Å². The van der Waals surface area contributed by atoms with Crippen LogP contribution < -0.4 is 10.4 Å². The molecule has 0 radical (unpaired) electrons. The molecule has 6 nitrogen and oxygen atoms in total. The van der Waals surface area contributed by atoms with Gasteiger partial charge in [0, 0.05) is 19.8 Å². The number of benzene rings is 2. The Labute approximate surface area is 224 Å². The SMILES string of the molecule is COCOCCC[C@@H]1[C@@H](C)CC[C@H](CO[Si](c2ccccc2)(c2ccccc2)C(C)(C)C)N1C(=O)OC. The second-order valence-electron chi connectivity index (χ2n) is 11.1. The second kappa shape index (κ2) is 13.6. The van der Waals surface area contributed by atoms with E-state index in [-0.39, 0.29) is 30.0 Å². The van der Waals surface area contributed by atoms with Crippen molar-refractivity contribution in [2.75, 3.05) is 34.2 Å². The molecule has 0 unspecified atom stereocenters. The number of hydrogen-bond acceptors (Lipinski definition) is 5. The molecule has 1 aliphatic heterocycles. The molecular weight excluding hydrogens is 482 g/mol. The van der Waals surface area contributed by atoms with Crippen molar-refractivity contribution < 1.29 is 23.4 Å². The topological polar surface area (TPSA) is 57.2 Å². The molecule has 0 bridgehead atoms. The maximum atomic E-state index is 13.1. The number of rotatable bonds is 11. The normalized spacial score (nSPS) is 20.6. The van der Waals surface area contributed by atoms with Crippen LogP contribution >= 0.6 is 0 Å². The summed E-state index contributed by atoms with van der Waals surface area (Å²) in [6.07, 6.45) is 3.38. The minimum atomic E-state index is -2.70. The summed E-state index contributed by atoms with van der Waals surface area (Å²) in [4.78, 5) is 15.1. The van der Waals surface area contributed by atoms with Gasteiger partial charge in [0.2, 0.25) is 0 Å². The molecule has 204 valence electrons. The molecule has 0 N–H and O–H groups in total. The van der Waals surface area contributed by atoms with E-state index in [0.29, 0.717) is 19.1 Å². The monoisotopic (exact) mass is 527 g/mol. The van der Waals surface area contributed by atoms with Crippen LogP contribution in [0.2, 0.25) is 5.04 Å². The number of piperidine rings is 1. The number of carbonyl (C=O) groups is 1. The average Bonchev–Trinajstić information content (AvgIpc) is 2.90. The third-order valence-electron chi connectivity index (χ3n) is 7.65. The molecule has 1 heterocycles. The van der Waals surface area contributed by atoms with Crippen LogP contribution in [-0.2, 0) is 18.6 Å². The number of amides is 1. The summed E-state index contributed by atoms with van der Waals surface area (Å²) < 4.78 is 23.0. The van der Waals surface area contributed by atoms with Crippen LogP contribution in [0.4, 0.5) is 4.79 Å². The van der Waals surface area contributed by atoms with Crippen LogP contribution in [0.1, 0.15) is 53.4 Å². The highest BCUT2D eigenvalue weighted by molar-refractivity contribution is 6.99. The van der Waals surface area contributed by atoms with Gasteiger partial charge in [0.1, 0.15) is 6.79 Å². The van der Waals surface area contributed by atoms with Crippen LogP contribution in [0.5, 0.6) is 0 Å². The lowest BCUT2D eigenvalue weighted by Crippen LogP contribution is -2.68. The molecule has 1 fully saturated rings. The van der Waals surface area contributed by atoms with E-state index in [4.69, 9.17) is 18.6 Å². The minimum absolute atomic E-state index is 0.0461. The molecule has 37 heavy (non-hydrogen) atoms. The molecule has 2 aromatic rings. The highest BCUT2D eigenvalue weighted by Gasteiger charge is 2.51. The summed E-state index contributed by atoms with van der Waals surface area (Å²) in [7, 11) is 0.396. The number of ether oxygens (including phenoxy) is 3. The molecule has 3 rings (SSSR count). The van der Waals surface area contributed by atoms with Gasteiger partial charge in [-0.05, 0) is 47.0 Å². The Morgan fingerprint density at radius 1 is 0.973 bits per heavy atom. The van der Waals surface area contributed by atoms with E-state index in [2.05, 4.69) is 88.4 Å². The fourth-order valence-corrected chi connectivity index (χ4v) is 10.4. The van der Waals surface area contributed by atoms with E-state index in [1.807, 2.05) is 4.90 Å². The Kier molecular flexibility index (Phi) is 10.8. The zero-order chi connectivity index (χ0) is 26.9. The van der Waals surface area contributed by atoms with Crippen molar-refractivity contribution in [3.63, 3.8) is 0 Å². The van der Waals surface area contributed by atoms with E-state index in [1.165, 1.54) is 17.5 Å². The van der Waals surface area contributed by atoms with Crippen LogP contribution in [0, 0.1) is 5.92 Å². The highest BCUT2D eigenvalue weighted by atomic mass is 28.4. The van der Waals surface area contributed by atoms with Crippen molar-refractivity contribution in [3.05, 3.63) is 60.7 Å². The lowest BCUT2D eigenvalue weighted by atomic mass is 9.85. The van der Waals surface area contributed by atoms with Crippen LogP contribution in [0.3, 0.4) is 0 Å². The van der Waals surface area contributed by atoms with E-state index in [1.54, 1.807) is 7.11 Å². The van der Waals surface area contributed by atoms with Crippen LogP contribution in [0.25, 0.3) is 0 Å². The standard InChI is InChI=1S/C30H45NO5Si/c1-24-19-20-25(31(29(32)34-6)28(24)18-13-21-35-23-33-5)22-36-37(30(2,3)4,26-14-9-7-10-15-26)27-16-11-8-12-17-27/h7-12,14-17,24-25,28H,13,18-23H2,1-6H3/t24-,25+,28+/m0/s1. The minimum Gasteiger partial charge on any atom is -0.453 e. The first-order valence-electron chi connectivity index (χ1n) is 13.4. The van der Waals surface area contributed by atoms with E-state index < -0.39 is 8.32 Å². The molecule has 0 aliphatic carbocycles. The third-order valence-corrected chi connectivity index (χ3v) is 12.7. The first-order chi connectivity index (χ1) is 17.8. The predicted octanol–water partition coefficient (Wildman–Crippen LogP) is 5.20. The first kappa shape index (κ1) is 29.4. The molecule has 0 saturated carbocycles. The predicted molar refractivity (Wildman–Crippen MR) is 151 cm³/mol. The van der Waals surface area contributed by atoms with E-state index in [9.17, 15) is 4.79 Å². The van der Waals surface area contributed by atoms with E-state index in [0.717, 1.165) is 25.7 Å². The van der Waals surface area contributed by atoms with E-state index >= 15 is 0 Å². The van der Waals surface area contributed by atoms with Crippen molar-refractivity contribution in [1.82, 2.24) is 4.90 Å². The Morgan fingerprint density at radius 2 is 1.57 bits per heavy atom. The molecular formula is C30H45NO5Si. The lowest BCUT2D eigenvalue weighted by molar-refractivity contribution is -0.0363. The van der Waals surface area contributed by atoms with Gasteiger partial charge in [0.15, 0.2) is 0 Å². The molecule has 0 aromatic heterocycles. The maximum Gasteiger partial charge on any atom is 0.410 e. The fraction of sp³-hybridized carbons (Fsp3) is 0.567. The van der Waals surface area contributed by atoms with Gasteiger partial charge >= 0.3 is 6.09 Å². The molecule has 1 saturated heterocycles. The van der Waals surface area contributed by atoms with Crippen LogP contribution in [-0.4, -0.2) is 65.6 Å². The van der Waals surface area contributed by atoms with Gasteiger partial charge in [-0.1, -0.05) is 88.4 Å². The smallest absolute Gasteiger partial charge is 0.410 e. The summed E-state index contributed by atoms with van der Waals surface area (Å²) in [5, 5.41) is 2.37. The number of nitrogens with zero attached hydrogens (tertiary/aromatic N) is 1. The van der Waals surface area contributed by atoms with Gasteiger partial charge < -0.3 is 18.6 Å². The quantitative estimate of drug-likeness (QED) is 0.228. The Balaban J connectivity index is 1.92. The van der Waals surface area contributed by atoms with Gasteiger partial charge in [0.25, 0.3) is 8.32 Å². The molecule has 3 atom stereocenters. The van der Waals surface area contributed by atoms with Crippen molar-refractivity contribution in [2.45, 2.75) is 70.5 Å². The third kappa shape index (κ3) is 6.82. The number of likely N-dealkylation sites (tertiary alicyclic amines) is 1. The number of methoxy groups -OCH3 is 2. The van der Waals surface area contributed by atoms with Crippen molar-refractivity contribution in [1.29, 1.82) is 0 Å². The molecule has 7 heteroatoms. The largest absolute Gasteiger partial charge is 0.453 e. The Hall–Kier alpha value is -2.19.